The summed E-state index contributed by atoms with van der Waals surface area (Å²) in [5.74, 6) is 0. The molecule has 0 radical (unpaired) electrons. The lowest BCUT2D eigenvalue weighted by Gasteiger charge is -2.37. The first-order chi connectivity index (χ1) is 8.42. The van der Waals surface area contributed by atoms with E-state index in [0.29, 0.717) is 0 Å². The third-order valence-corrected chi connectivity index (χ3v) is 4.30. The third-order valence-electron chi connectivity index (χ3n) is 3.75. The molecule has 17 heavy (non-hydrogen) atoms. The Morgan fingerprint density at radius 1 is 1.35 bits per heavy atom. The second kappa shape index (κ2) is 5.39. The van der Waals surface area contributed by atoms with Gasteiger partial charge in [0.1, 0.15) is 0 Å². The summed E-state index contributed by atoms with van der Waals surface area (Å²) in [5.41, 5.74) is 1.12. The summed E-state index contributed by atoms with van der Waals surface area (Å²) in [4.78, 5) is 5.12. The Bertz CT molecular complexity index is 328. The molecule has 2 fully saturated rings. The molecule has 0 spiro atoms. The summed E-state index contributed by atoms with van der Waals surface area (Å²) < 4.78 is 3.91. The van der Waals surface area contributed by atoms with Crippen LogP contribution >= 0.6 is 11.5 Å². The minimum atomic E-state index is 0.776. The summed E-state index contributed by atoms with van der Waals surface area (Å²) in [6, 6.07) is 0.776. The molecule has 2 saturated heterocycles. The smallest absolute Gasteiger partial charge is 0.0895 e. The largest absolute Gasteiger partial charge is 0.315 e. The molecule has 94 valence electrons. The fourth-order valence-corrected chi connectivity index (χ4v) is 3.16. The fourth-order valence-electron chi connectivity index (χ4n) is 2.72. The number of nitrogens with zero attached hydrogens (tertiary/aromatic N) is 4. The van der Waals surface area contributed by atoms with E-state index in [1.54, 1.807) is 0 Å². The van der Waals surface area contributed by atoms with Crippen LogP contribution in [0.5, 0.6) is 0 Å². The van der Waals surface area contributed by atoms with Crippen LogP contribution in [0, 0.1) is 0 Å². The summed E-state index contributed by atoms with van der Waals surface area (Å²) in [5, 5.41) is 9.60. The van der Waals surface area contributed by atoms with Crippen LogP contribution in [0.2, 0.25) is 0 Å². The SMILES string of the molecule is c1snnc1CN1CCN(C2CCNC2)CC1. The molecule has 0 saturated carbocycles. The molecule has 1 unspecified atom stereocenters. The molecule has 0 aliphatic carbocycles. The van der Waals surface area contributed by atoms with Crippen LogP contribution in [0.4, 0.5) is 0 Å². The molecule has 1 aromatic heterocycles. The molecule has 3 rings (SSSR count). The molecule has 2 aliphatic heterocycles. The first kappa shape index (κ1) is 11.5. The highest BCUT2D eigenvalue weighted by atomic mass is 32.1. The summed E-state index contributed by atoms with van der Waals surface area (Å²) in [7, 11) is 0. The van der Waals surface area contributed by atoms with Gasteiger partial charge in [-0.25, -0.2) is 0 Å². The molecule has 0 bridgehead atoms. The van der Waals surface area contributed by atoms with Crippen molar-refractivity contribution in [1.82, 2.24) is 24.7 Å². The number of hydrogen-bond acceptors (Lipinski definition) is 6. The van der Waals surface area contributed by atoms with Crippen LogP contribution in [0.1, 0.15) is 12.1 Å². The fraction of sp³-hybridized carbons (Fsp3) is 0.818. The first-order valence-corrected chi connectivity index (χ1v) is 7.18. The minimum absolute atomic E-state index is 0.776. The molecule has 5 nitrogen and oxygen atoms in total. The van der Waals surface area contributed by atoms with Crippen molar-refractivity contribution < 1.29 is 0 Å². The molecule has 1 N–H and O–H groups in total. The van der Waals surface area contributed by atoms with E-state index in [0.717, 1.165) is 31.4 Å². The van der Waals surface area contributed by atoms with Crippen molar-refractivity contribution in [3.8, 4) is 0 Å². The van der Waals surface area contributed by atoms with E-state index in [9.17, 15) is 0 Å². The van der Waals surface area contributed by atoms with Gasteiger partial charge < -0.3 is 5.32 Å². The second-order valence-corrected chi connectivity index (χ2v) is 5.46. The molecular formula is C11H19N5S. The number of rotatable bonds is 3. The van der Waals surface area contributed by atoms with Crippen molar-refractivity contribution in [2.45, 2.75) is 19.0 Å². The van der Waals surface area contributed by atoms with E-state index in [2.05, 4.69) is 24.7 Å². The Morgan fingerprint density at radius 2 is 2.24 bits per heavy atom. The van der Waals surface area contributed by atoms with Gasteiger partial charge in [-0.1, -0.05) is 4.49 Å². The zero-order valence-corrected chi connectivity index (χ0v) is 10.8. The van der Waals surface area contributed by atoms with E-state index in [1.165, 1.54) is 44.1 Å². The highest BCUT2D eigenvalue weighted by Gasteiger charge is 2.25. The third kappa shape index (κ3) is 2.82. The second-order valence-electron chi connectivity index (χ2n) is 4.85. The summed E-state index contributed by atoms with van der Waals surface area (Å²) in [6.07, 6.45) is 1.32. The van der Waals surface area contributed by atoms with Crippen LogP contribution in [-0.2, 0) is 6.54 Å². The molecule has 1 atom stereocenters. The van der Waals surface area contributed by atoms with Gasteiger partial charge in [0.25, 0.3) is 0 Å². The van der Waals surface area contributed by atoms with Crippen LogP contribution in [0.15, 0.2) is 5.38 Å². The van der Waals surface area contributed by atoms with Gasteiger partial charge in [0.15, 0.2) is 0 Å². The van der Waals surface area contributed by atoms with E-state index in [1.807, 2.05) is 5.38 Å². The topological polar surface area (TPSA) is 44.3 Å². The van der Waals surface area contributed by atoms with Gasteiger partial charge in [0.05, 0.1) is 5.69 Å². The summed E-state index contributed by atoms with van der Waals surface area (Å²) in [6.45, 7) is 8.05. The van der Waals surface area contributed by atoms with Gasteiger partial charge in [-0.05, 0) is 24.5 Å². The molecule has 6 heteroatoms. The molecule has 1 aromatic rings. The van der Waals surface area contributed by atoms with Crippen molar-refractivity contribution in [2.75, 3.05) is 39.3 Å². The monoisotopic (exact) mass is 253 g/mol. The molecular weight excluding hydrogens is 234 g/mol. The summed E-state index contributed by atoms with van der Waals surface area (Å²) >= 11 is 1.44. The number of piperazine rings is 1. The standard InChI is InChI=1S/C11H19N5S/c1-2-12-7-11(1)16-5-3-15(4-6-16)8-10-9-17-14-13-10/h9,11-12H,1-8H2. The Labute approximate surface area is 106 Å². The maximum absolute atomic E-state index is 4.11. The van der Waals surface area contributed by atoms with Gasteiger partial charge in [0.2, 0.25) is 0 Å². The average Bonchev–Trinajstić information content (AvgIpc) is 3.01. The quantitative estimate of drug-likeness (QED) is 0.822. The molecule has 2 aliphatic rings. The van der Waals surface area contributed by atoms with Gasteiger partial charge in [-0.15, -0.1) is 5.10 Å². The van der Waals surface area contributed by atoms with Crippen LogP contribution < -0.4 is 5.32 Å². The Kier molecular flexibility index (Phi) is 3.65. The van der Waals surface area contributed by atoms with Crippen molar-refractivity contribution in [3.05, 3.63) is 11.1 Å². The number of nitrogens with one attached hydrogen (secondary N) is 1. The zero-order chi connectivity index (χ0) is 11.5. The van der Waals surface area contributed by atoms with Gasteiger partial charge in [0, 0.05) is 50.7 Å². The molecule has 3 heterocycles. The Morgan fingerprint density at radius 3 is 2.88 bits per heavy atom. The minimum Gasteiger partial charge on any atom is -0.315 e. The van der Waals surface area contributed by atoms with E-state index in [-0.39, 0.29) is 0 Å². The van der Waals surface area contributed by atoms with Gasteiger partial charge in [-0.2, -0.15) is 0 Å². The number of aromatic nitrogens is 2. The first-order valence-electron chi connectivity index (χ1n) is 6.35. The van der Waals surface area contributed by atoms with Crippen molar-refractivity contribution in [1.29, 1.82) is 0 Å². The van der Waals surface area contributed by atoms with Gasteiger partial charge in [-0.3, -0.25) is 9.80 Å². The van der Waals surface area contributed by atoms with Crippen molar-refractivity contribution >= 4 is 11.5 Å². The Balaban J connectivity index is 1.47. The maximum Gasteiger partial charge on any atom is 0.0895 e. The number of hydrogen-bond donors (Lipinski definition) is 1. The van der Waals surface area contributed by atoms with E-state index < -0.39 is 0 Å². The normalized spacial score (nSPS) is 27.6. The lowest BCUT2D eigenvalue weighted by molar-refractivity contribution is 0.0973. The lowest BCUT2D eigenvalue weighted by atomic mass is 10.2. The van der Waals surface area contributed by atoms with Crippen molar-refractivity contribution in [2.24, 2.45) is 0 Å². The van der Waals surface area contributed by atoms with Crippen LogP contribution in [-0.4, -0.2) is 64.7 Å². The average molecular weight is 253 g/mol. The highest BCUT2D eigenvalue weighted by Crippen LogP contribution is 2.13. The zero-order valence-electron chi connectivity index (χ0n) is 10.0. The van der Waals surface area contributed by atoms with Crippen LogP contribution in [0.25, 0.3) is 0 Å². The van der Waals surface area contributed by atoms with E-state index >= 15 is 0 Å². The molecule has 0 amide bonds. The highest BCUT2D eigenvalue weighted by molar-refractivity contribution is 7.03. The Hall–Kier alpha value is -0.560. The van der Waals surface area contributed by atoms with E-state index in [4.69, 9.17) is 0 Å². The lowest BCUT2D eigenvalue weighted by Crippen LogP contribution is -2.50. The predicted molar refractivity (Wildman–Crippen MR) is 68.0 cm³/mol. The van der Waals surface area contributed by atoms with Crippen LogP contribution in [0.3, 0.4) is 0 Å². The maximum atomic E-state index is 4.11. The molecule has 0 aromatic carbocycles. The predicted octanol–water partition coefficient (Wildman–Crippen LogP) is 0.0176. The van der Waals surface area contributed by atoms with Gasteiger partial charge >= 0.3 is 0 Å². The van der Waals surface area contributed by atoms with Crippen molar-refractivity contribution in [3.63, 3.8) is 0 Å².